The number of fused-ring (bicyclic) bond motifs is 1. The summed E-state index contributed by atoms with van der Waals surface area (Å²) >= 11 is 0. The Kier molecular flexibility index (Phi) is 4.74. The second kappa shape index (κ2) is 7.58. The number of methoxy groups -OCH3 is 1. The van der Waals surface area contributed by atoms with Crippen LogP contribution in [0.2, 0.25) is 0 Å². The quantitative estimate of drug-likeness (QED) is 0.662. The van der Waals surface area contributed by atoms with Gasteiger partial charge in [0, 0.05) is 31.7 Å². The zero-order valence-corrected chi connectivity index (χ0v) is 17.4. The predicted molar refractivity (Wildman–Crippen MR) is 115 cm³/mol. The summed E-state index contributed by atoms with van der Waals surface area (Å²) in [5.74, 6) is 1.59. The van der Waals surface area contributed by atoms with Gasteiger partial charge in [0.05, 0.1) is 18.1 Å². The van der Waals surface area contributed by atoms with Gasteiger partial charge in [0.25, 0.3) is 0 Å². The number of hydrogen-bond donors (Lipinski definition) is 2. The van der Waals surface area contributed by atoms with Gasteiger partial charge in [-0.1, -0.05) is 6.07 Å². The third-order valence-corrected chi connectivity index (χ3v) is 6.63. The van der Waals surface area contributed by atoms with Gasteiger partial charge in [0.1, 0.15) is 29.6 Å². The summed E-state index contributed by atoms with van der Waals surface area (Å²) in [7, 11) is 1.54. The smallest absolute Gasteiger partial charge is 0.224 e. The first-order valence-corrected chi connectivity index (χ1v) is 10.5. The molecule has 1 spiro atoms. The molecule has 1 aliphatic heterocycles. The van der Waals surface area contributed by atoms with E-state index in [2.05, 4.69) is 31.2 Å². The largest absolute Gasteiger partial charge is 0.495 e. The first-order valence-electron chi connectivity index (χ1n) is 10.5. The Morgan fingerprint density at radius 3 is 3.03 bits per heavy atom. The Bertz CT molecular complexity index is 1180. The van der Waals surface area contributed by atoms with Crippen LogP contribution in [0.5, 0.6) is 5.75 Å². The summed E-state index contributed by atoms with van der Waals surface area (Å²) in [6.07, 6.45) is 6.41. The zero-order chi connectivity index (χ0) is 21.4. The molecule has 3 heterocycles. The molecule has 2 aliphatic rings. The van der Waals surface area contributed by atoms with Crippen LogP contribution >= 0.6 is 0 Å². The van der Waals surface area contributed by atoms with Crippen LogP contribution < -0.4 is 15.0 Å². The number of rotatable bonds is 5. The van der Waals surface area contributed by atoms with Gasteiger partial charge < -0.3 is 19.9 Å². The monoisotopic (exact) mass is 416 g/mol. The van der Waals surface area contributed by atoms with Gasteiger partial charge in [-0.2, -0.15) is 5.26 Å². The summed E-state index contributed by atoms with van der Waals surface area (Å²) < 4.78 is 5.27. The molecule has 1 amide bonds. The molecule has 5 rings (SSSR count). The van der Waals surface area contributed by atoms with E-state index in [9.17, 15) is 4.79 Å². The average molecular weight is 416 g/mol. The number of nitrogens with one attached hydrogen (secondary N) is 2. The van der Waals surface area contributed by atoms with Crippen LogP contribution in [-0.4, -0.2) is 41.1 Å². The van der Waals surface area contributed by atoms with E-state index < -0.39 is 0 Å². The molecule has 1 unspecified atom stereocenters. The molecule has 2 aromatic heterocycles. The molecule has 8 nitrogen and oxygen atoms in total. The van der Waals surface area contributed by atoms with E-state index in [4.69, 9.17) is 10.00 Å². The minimum atomic E-state index is 0.00702. The number of ether oxygens (including phenoxy) is 1. The Morgan fingerprint density at radius 2 is 2.26 bits per heavy atom. The second-order valence-corrected chi connectivity index (χ2v) is 8.43. The number of anilines is 1. The number of hydrogen-bond acceptors (Lipinski definition) is 6. The van der Waals surface area contributed by atoms with Gasteiger partial charge in [-0.05, 0) is 48.4 Å². The number of carbonyl (C=O) groups is 1. The number of H-pyrrole nitrogens is 1. The van der Waals surface area contributed by atoms with Crippen LogP contribution in [-0.2, 0) is 11.3 Å². The van der Waals surface area contributed by atoms with Crippen LogP contribution in [0.4, 0.5) is 5.82 Å². The van der Waals surface area contributed by atoms with Gasteiger partial charge in [-0.25, -0.2) is 9.97 Å². The highest BCUT2D eigenvalue weighted by molar-refractivity contribution is 5.87. The fraction of sp³-hybridized carbons (Fsp3) is 0.391. The minimum Gasteiger partial charge on any atom is -0.495 e. The molecule has 31 heavy (non-hydrogen) atoms. The molecular formula is C23H24N6O2. The molecule has 1 saturated carbocycles. The highest BCUT2D eigenvalue weighted by atomic mass is 16.5. The molecular weight excluding hydrogens is 392 g/mol. The number of aromatic nitrogens is 3. The van der Waals surface area contributed by atoms with Crippen molar-refractivity contribution in [1.82, 2.24) is 20.3 Å². The molecule has 3 aromatic rings. The lowest BCUT2D eigenvalue weighted by molar-refractivity contribution is -0.128. The highest BCUT2D eigenvalue weighted by Crippen LogP contribution is 2.56. The Morgan fingerprint density at radius 1 is 1.39 bits per heavy atom. The lowest BCUT2D eigenvalue weighted by atomic mass is 9.81. The number of piperidine rings is 1. The van der Waals surface area contributed by atoms with Crippen molar-refractivity contribution >= 4 is 22.8 Å². The molecule has 2 N–H and O–H groups in total. The number of amides is 1. The topological polar surface area (TPSA) is 107 Å². The molecule has 8 heteroatoms. The number of benzene rings is 1. The summed E-state index contributed by atoms with van der Waals surface area (Å²) in [6.45, 7) is 2.06. The molecule has 2 fully saturated rings. The summed E-state index contributed by atoms with van der Waals surface area (Å²) in [5.41, 5.74) is 2.27. The van der Waals surface area contributed by atoms with Crippen molar-refractivity contribution < 1.29 is 9.53 Å². The first-order chi connectivity index (χ1) is 15.1. The third-order valence-electron chi connectivity index (χ3n) is 6.63. The fourth-order valence-electron chi connectivity index (χ4n) is 4.78. The van der Waals surface area contributed by atoms with Crippen LogP contribution in [0.25, 0.3) is 11.0 Å². The molecule has 1 saturated heterocycles. The van der Waals surface area contributed by atoms with E-state index in [1.54, 1.807) is 19.5 Å². The number of nitriles is 1. The minimum absolute atomic E-state index is 0.00702. The lowest BCUT2D eigenvalue weighted by Gasteiger charge is -2.39. The van der Waals surface area contributed by atoms with Crippen molar-refractivity contribution in [1.29, 1.82) is 5.26 Å². The molecule has 0 bridgehead atoms. The lowest BCUT2D eigenvalue weighted by Crippen LogP contribution is -2.48. The summed E-state index contributed by atoms with van der Waals surface area (Å²) in [6, 6.07) is 9.51. The van der Waals surface area contributed by atoms with E-state index >= 15 is 0 Å². The first kappa shape index (κ1) is 19.4. The third kappa shape index (κ3) is 3.46. The van der Waals surface area contributed by atoms with Gasteiger partial charge >= 0.3 is 0 Å². The van der Waals surface area contributed by atoms with Crippen molar-refractivity contribution in [2.75, 3.05) is 25.1 Å². The number of nitrogens with zero attached hydrogens (tertiary/aromatic N) is 4. The maximum atomic E-state index is 13.1. The maximum Gasteiger partial charge on any atom is 0.224 e. The van der Waals surface area contributed by atoms with Crippen molar-refractivity contribution in [3.63, 3.8) is 0 Å². The summed E-state index contributed by atoms with van der Waals surface area (Å²) in [4.78, 5) is 27.3. The predicted octanol–water partition coefficient (Wildman–Crippen LogP) is 2.76. The molecule has 1 aliphatic carbocycles. The van der Waals surface area contributed by atoms with Gasteiger partial charge in [0.15, 0.2) is 0 Å². The van der Waals surface area contributed by atoms with Crippen molar-refractivity contribution in [2.24, 2.45) is 11.3 Å². The van der Waals surface area contributed by atoms with Crippen molar-refractivity contribution in [2.45, 2.75) is 25.8 Å². The molecule has 0 radical (unpaired) electrons. The van der Waals surface area contributed by atoms with Crippen molar-refractivity contribution in [3.05, 3.63) is 47.9 Å². The molecule has 158 valence electrons. The van der Waals surface area contributed by atoms with E-state index in [1.807, 2.05) is 24.4 Å². The molecule has 1 atom stereocenters. The SMILES string of the molecule is COc1cc(CNC(=O)C2CCN(c3ncnc4[nH]ccc34)CC23CC3)ccc1C#N. The van der Waals surface area contributed by atoms with E-state index in [0.717, 1.165) is 54.8 Å². The van der Waals surface area contributed by atoms with E-state index in [1.165, 1.54) is 0 Å². The fourth-order valence-corrected chi connectivity index (χ4v) is 4.78. The van der Waals surface area contributed by atoms with Crippen LogP contribution in [0.15, 0.2) is 36.8 Å². The average Bonchev–Trinajstić information content (AvgIpc) is 3.38. The van der Waals surface area contributed by atoms with Gasteiger partial charge in [0.2, 0.25) is 5.91 Å². The zero-order valence-electron chi connectivity index (χ0n) is 17.4. The summed E-state index contributed by atoms with van der Waals surface area (Å²) in [5, 5.41) is 13.3. The molecule has 1 aromatic carbocycles. The van der Waals surface area contributed by atoms with Gasteiger partial charge in [-0.3, -0.25) is 4.79 Å². The Hall–Kier alpha value is -3.60. The Labute approximate surface area is 180 Å². The van der Waals surface area contributed by atoms with Crippen LogP contribution in [0, 0.1) is 22.7 Å². The van der Waals surface area contributed by atoms with E-state index in [-0.39, 0.29) is 17.2 Å². The highest BCUT2D eigenvalue weighted by Gasteiger charge is 2.55. The number of carbonyl (C=O) groups excluding carboxylic acids is 1. The second-order valence-electron chi connectivity index (χ2n) is 8.43. The van der Waals surface area contributed by atoms with Gasteiger partial charge in [-0.15, -0.1) is 0 Å². The van der Waals surface area contributed by atoms with Crippen molar-refractivity contribution in [3.8, 4) is 11.8 Å². The normalized spacial score (nSPS) is 19.2. The number of aromatic amines is 1. The van der Waals surface area contributed by atoms with E-state index in [0.29, 0.717) is 17.9 Å². The van der Waals surface area contributed by atoms with Crippen LogP contribution in [0.3, 0.4) is 0 Å². The Balaban J connectivity index is 1.27. The maximum absolute atomic E-state index is 13.1. The van der Waals surface area contributed by atoms with Crippen LogP contribution in [0.1, 0.15) is 30.4 Å². The standard InChI is InChI=1S/C23H24N6O2/c1-31-19-10-15(2-3-16(19)11-24)12-26-22(30)18-5-9-29(13-23(18)6-7-23)21-17-4-8-25-20(17)27-14-28-21/h2-4,8,10,14,18H,5-7,9,12-13H2,1H3,(H,26,30)(H,25,27,28).